The van der Waals surface area contributed by atoms with Gasteiger partial charge in [-0.1, -0.05) is 0 Å². The minimum atomic E-state index is -4.88. The van der Waals surface area contributed by atoms with E-state index in [0.29, 0.717) is 13.2 Å². The van der Waals surface area contributed by atoms with Crippen LogP contribution in [0.3, 0.4) is 0 Å². The Kier molecular flexibility index (Phi) is 3.92. The van der Waals surface area contributed by atoms with Crippen molar-refractivity contribution in [2.45, 2.75) is 18.6 Å². The quantitative estimate of drug-likeness (QED) is 0.740. The highest BCUT2D eigenvalue weighted by atomic mass is 19.4. The van der Waals surface area contributed by atoms with Crippen LogP contribution in [-0.2, 0) is 14.3 Å². The van der Waals surface area contributed by atoms with Gasteiger partial charge in [0.15, 0.2) is 5.41 Å². The monoisotopic (exact) mass is 296 g/mol. The SMILES string of the molecule is O=C(C1COCCN1)N1CCC(C(=O)O)(C(F)(F)F)C1. The standard InChI is InChI=1S/C11H15F3N2O4/c12-11(13,14)10(9(18)19)1-3-16(6-10)8(17)7-5-20-4-2-15-7/h7,15H,1-6H2,(H,18,19). The Morgan fingerprint density at radius 1 is 1.40 bits per heavy atom. The van der Waals surface area contributed by atoms with Crippen molar-refractivity contribution < 1.29 is 32.6 Å². The second-order valence-electron chi connectivity index (χ2n) is 4.98. The number of halogens is 3. The molecule has 114 valence electrons. The summed E-state index contributed by atoms with van der Waals surface area (Å²) >= 11 is 0. The number of carbonyl (C=O) groups excluding carboxylic acids is 1. The number of likely N-dealkylation sites (tertiary alicyclic amines) is 1. The second-order valence-corrected chi connectivity index (χ2v) is 4.98. The summed E-state index contributed by atoms with van der Waals surface area (Å²) in [5, 5.41) is 11.8. The predicted octanol–water partition coefficient (Wildman–Crippen LogP) is -0.160. The molecule has 2 aliphatic rings. The van der Waals surface area contributed by atoms with E-state index in [4.69, 9.17) is 9.84 Å². The maximum Gasteiger partial charge on any atom is 0.406 e. The van der Waals surface area contributed by atoms with E-state index in [9.17, 15) is 22.8 Å². The minimum Gasteiger partial charge on any atom is -0.481 e. The highest BCUT2D eigenvalue weighted by Crippen LogP contribution is 2.45. The van der Waals surface area contributed by atoms with E-state index in [1.54, 1.807) is 0 Å². The van der Waals surface area contributed by atoms with Crippen molar-refractivity contribution in [1.82, 2.24) is 10.2 Å². The molecule has 2 heterocycles. The van der Waals surface area contributed by atoms with E-state index in [1.807, 2.05) is 0 Å². The topological polar surface area (TPSA) is 78.9 Å². The van der Waals surface area contributed by atoms with Crippen LogP contribution >= 0.6 is 0 Å². The Balaban J connectivity index is 2.10. The predicted molar refractivity (Wildman–Crippen MR) is 59.9 cm³/mol. The molecule has 0 radical (unpaired) electrons. The molecule has 0 aromatic heterocycles. The first-order valence-electron chi connectivity index (χ1n) is 6.18. The molecule has 2 N–H and O–H groups in total. The van der Waals surface area contributed by atoms with Gasteiger partial charge in [0.25, 0.3) is 0 Å². The molecule has 6 nitrogen and oxygen atoms in total. The van der Waals surface area contributed by atoms with Gasteiger partial charge in [-0.15, -0.1) is 0 Å². The number of carbonyl (C=O) groups is 2. The number of alkyl halides is 3. The van der Waals surface area contributed by atoms with Crippen LogP contribution in [0.2, 0.25) is 0 Å². The van der Waals surface area contributed by atoms with Crippen molar-refractivity contribution in [1.29, 1.82) is 0 Å². The molecule has 2 aliphatic heterocycles. The first-order valence-corrected chi connectivity index (χ1v) is 6.18. The molecule has 2 rings (SSSR count). The zero-order valence-electron chi connectivity index (χ0n) is 10.6. The molecule has 2 unspecified atom stereocenters. The van der Waals surface area contributed by atoms with Crippen LogP contribution in [0.4, 0.5) is 13.2 Å². The fraction of sp³-hybridized carbons (Fsp3) is 0.818. The maximum atomic E-state index is 13.0. The molecule has 0 aromatic carbocycles. The third kappa shape index (κ3) is 2.47. The zero-order chi connectivity index (χ0) is 15.0. The molecular formula is C11H15F3N2O4. The molecule has 2 atom stereocenters. The molecular weight excluding hydrogens is 281 g/mol. The van der Waals surface area contributed by atoms with Crippen LogP contribution < -0.4 is 5.32 Å². The summed E-state index contributed by atoms with van der Waals surface area (Å²) in [6.07, 6.45) is -5.50. The molecule has 0 spiro atoms. The lowest BCUT2D eigenvalue weighted by atomic mass is 9.86. The number of amides is 1. The Labute approximate surface area is 112 Å². The number of nitrogens with zero attached hydrogens (tertiary/aromatic N) is 1. The Morgan fingerprint density at radius 3 is 2.55 bits per heavy atom. The van der Waals surface area contributed by atoms with Gasteiger partial charge < -0.3 is 20.1 Å². The molecule has 20 heavy (non-hydrogen) atoms. The van der Waals surface area contributed by atoms with Crippen molar-refractivity contribution in [2.75, 3.05) is 32.8 Å². The van der Waals surface area contributed by atoms with Gasteiger partial charge in [-0.05, 0) is 6.42 Å². The van der Waals surface area contributed by atoms with Gasteiger partial charge >= 0.3 is 12.1 Å². The van der Waals surface area contributed by atoms with E-state index in [1.165, 1.54) is 0 Å². The lowest BCUT2D eigenvalue weighted by molar-refractivity contribution is -0.227. The van der Waals surface area contributed by atoms with Crippen LogP contribution in [0, 0.1) is 5.41 Å². The van der Waals surface area contributed by atoms with Gasteiger partial charge in [-0.25, -0.2) is 0 Å². The second kappa shape index (κ2) is 5.21. The number of hydrogen-bond donors (Lipinski definition) is 2. The average Bonchev–Trinajstić information content (AvgIpc) is 2.85. The fourth-order valence-corrected chi connectivity index (χ4v) is 2.47. The highest BCUT2D eigenvalue weighted by Gasteiger charge is 2.64. The van der Waals surface area contributed by atoms with Crippen LogP contribution in [0.5, 0.6) is 0 Å². The molecule has 0 aromatic rings. The Morgan fingerprint density at radius 2 is 2.10 bits per heavy atom. The summed E-state index contributed by atoms with van der Waals surface area (Å²) in [4.78, 5) is 24.0. The number of aliphatic carboxylic acids is 1. The van der Waals surface area contributed by atoms with E-state index >= 15 is 0 Å². The fourth-order valence-electron chi connectivity index (χ4n) is 2.47. The first-order chi connectivity index (χ1) is 9.28. The molecule has 2 saturated heterocycles. The minimum absolute atomic E-state index is 0.0847. The molecule has 0 saturated carbocycles. The van der Waals surface area contributed by atoms with Crippen LogP contribution in [0.15, 0.2) is 0 Å². The molecule has 0 bridgehead atoms. The highest BCUT2D eigenvalue weighted by molar-refractivity contribution is 5.84. The number of carboxylic acid groups (broad SMARTS) is 1. The summed E-state index contributed by atoms with van der Waals surface area (Å²) in [5.41, 5.74) is -2.86. The number of morpholine rings is 1. The van der Waals surface area contributed by atoms with Gasteiger partial charge in [-0.3, -0.25) is 9.59 Å². The van der Waals surface area contributed by atoms with E-state index in [2.05, 4.69) is 5.32 Å². The van der Waals surface area contributed by atoms with Crippen molar-refractivity contribution in [3.63, 3.8) is 0 Å². The van der Waals surface area contributed by atoms with Crippen LogP contribution in [0.1, 0.15) is 6.42 Å². The van der Waals surface area contributed by atoms with Crippen molar-refractivity contribution in [2.24, 2.45) is 5.41 Å². The molecule has 9 heteroatoms. The third-order valence-electron chi connectivity index (χ3n) is 3.75. The lowest BCUT2D eigenvalue weighted by Gasteiger charge is -2.30. The molecule has 0 aliphatic carbocycles. The summed E-state index contributed by atoms with van der Waals surface area (Å²) in [5.74, 6) is -2.48. The summed E-state index contributed by atoms with van der Waals surface area (Å²) < 4.78 is 44.0. The van der Waals surface area contributed by atoms with Crippen molar-refractivity contribution in [3.05, 3.63) is 0 Å². The number of nitrogens with one attached hydrogen (secondary N) is 1. The van der Waals surface area contributed by atoms with Gasteiger partial charge in [-0.2, -0.15) is 13.2 Å². The Bertz CT molecular complexity index is 409. The number of carboxylic acids is 1. The first kappa shape index (κ1) is 15.0. The van der Waals surface area contributed by atoms with Gasteiger partial charge in [0.05, 0.1) is 13.2 Å². The normalized spacial score (nSPS) is 31.4. The van der Waals surface area contributed by atoms with Crippen LogP contribution in [-0.4, -0.2) is 66.9 Å². The zero-order valence-corrected chi connectivity index (χ0v) is 10.6. The smallest absolute Gasteiger partial charge is 0.406 e. The lowest BCUT2D eigenvalue weighted by Crippen LogP contribution is -2.54. The average molecular weight is 296 g/mol. The summed E-state index contributed by atoms with van der Waals surface area (Å²) in [6.45, 7) is -0.105. The van der Waals surface area contributed by atoms with E-state index in [-0.39, 0.29) is 13.2 Å². The molecule has 1 amide bonds. The van der Waals surface area contributed by atoms with Crippen molar-refractivity contribution >= 4 is 11.9 Å². The van der Waals surface area contributed by atoms with E-state index < -0.39 is 42.5 Å². The molecule has 2 fully saturated rings. The van der Waals surface area contributed by atoms with Gasteiger partial charge in [0.1, 0.15) is 6.04 Å². The number of hydrogen-bond acceptors (Lipinski definition) is 4. The van der Waals surface area contributed by atoms with Gasteiger partial charge in [0, 0.05) is 19.6 Å². The van der Waals surface area contributed by atoms with Crippen LogP contribution in [0.25, 0.3) is 0 Å². The largest absolute Gasteiger partial charge is 0.481 e. The van der Waals surface area contributed by atoms with Crippen molar-refractivity contribution in [3.8, 4) is 0 Å². The third-order valence-corrected chi connectivity index (χ3v) is 3.75. The number of rotatable bonds is 2. The number of ether oxygens (including phenoxy) is 1. The summed E-state index contributed by atoms with van der Waals surface area (Å²) in [7, 11) is 0. The Hall–Kier alpha value is -1.35. The van der Waals surface area contributed by atoms with E-state index in [0.717, 1.165) is 4.90 Å². The summed E-state index contributed by atoms with van der Waals surface area (Å²) in [6, 6.07) is -0.707. The van der Waals surface area contributed by atoms with Gasteiger partial charge in [0.2, 0.25) is 5.91 Å². The maximum absolute atomic E-state index is 13.0.